The Morgan fingerprint density at radius 2 is 1.91 bits per heavy atom. The van der Waals surface area contributed by atoms with E-state index >= 15 is 0 Å². The van der Waals surface area contributed by atoms with E-state index in [1.54, 1.807) is 19.1 Å². The van der Waals surface area contributed by atoms with Gasteiger partial charge in [0.1, 0.15) is 23.2 Å². The van der Waals surface area contributed by atoms with Crippen molar-refractivity contribution in [2.24, 2.45) is 5.92 Å². The molecule has 33 heavy (non-hydrogen) atoms. The van der Waals surface area contributed by atoms with Gasteiger partial charge >= 0.3 is 5.97 Å². The van der Waals surface area contributed by atoms with Crippen LogP contribution in [0.15, 0.2) is 42.7 Å². The molecule has 4 N–H and O–H groups in total. The van der Waals surface area contributed by atoms with Crippen LogP contribution in [0.25, 0.3) is 6.08 Å². The van der Waals surface area contributed by atoms with Crippen molar-refractivity contribution in [2.75, 3.05) is 31.5 Å². The maximum absolute atomic E-state index is 12.8. The van der Waals surface area contributed by atoms with Crippen molar-refractivity contribution in [1.82, 2.24) is 4.90 Å². The first-order valence-electron chi connectivity index (χ1n) is 11.2. The highest BCUT2D eigenvalue weighted by Gasteiger charge is 2.24. The number of benzene rings is 1. The molecule has 0 radical (unpaired) electrons. The van der Waals surface area contributed by atoms with E-state index in [1.165, 1.54) is 31.1 Å². The van der Waals surface area contributed by atoms with Gasteiger partial charge in [-0.3, -0.25) is 4.79 Å². The van der Waals surface area contributed by atoms with Gasteiger partial charge in [-0.1, -0.05) is 31.7 Å². The number of aromatic hydroxyl groups is 1. The minimum atomic E-state index is -1.58. The zero-order valence-corrected chi connectivity index (χ0v) is 18.9. The zero-order chi connectivity index (χ0) is 24.0. The monoisotopic (exact) mass is 456 g/mol. The first-order chi connectivity index (χ1) is 15.8. The summed E-state index contributed by atoms with van der Waals surface area (Å²) in [6.45, 7) is 9.13. The molecule has 0 amide bonds. The smallest absolute Gasteiger partial charge is 0.347 e. The molecule has 2 aliphatic heterocycles. The van der Waals surface area contributed by atoms with Crippen LogP contribution in [-0.4, -0.2) is 70.4 Å². The summed E-state index contributed by atoms with van der Waals surface area (Å²) in [6.07, 6.45) is 5.15. The number of aliphatic hydroxyl groups is 2. The highest BCUT2D eigenvalue weighted by molar-refractivity contribution is 5.98. The maximum Gasteiger partial charge on any atom is 0.347 e. The minimum Gasteiger partial charge on any atom is -0.507 e. The lowest BCUT2D eigenvalue weighted by molar-refractivity contribution is -0.127. The molecule has 1 aromatic rings. The highest BCUT2D eigenvalue weighted by atomic mass is 16.5. The minimum absolute atomic E-state index is 0.0229. The Hall–Kier alpha value is -2.94. The number of phenolic OH excluding ortho intramolecular Hbond substituents is 1. The molecular weight excluding hydrogens is 424 g/mol. The third-order valence-corrected chi connectivity index (χ3v) is 5.92. The number of nitrogens with one attached hydrogen (secondary N) is 1. The third-order valence-electron chi connectivity index (χ3n) is 5.92. The van der Waals surface area contributed by atoms with Crippen molar-refractivity contribution in [1.29, 1.82) is 0 Å². The largest absolute Gasteiger partial charge is 0.507 e. The summed E-state index contributed by atoms with van der Waals surface area (Å²) in [5.41, 5.74) is 0.983. The van der Waals surface area contributed by atoms with E-state index in [-0.39, 0.29) is 23.5 Å². The number of hydrogen-bond donors (Lipinski definition) is 4. The van der Waals surface area contributed by atoms with E-state index < -0.39 is 29.9 Å². The van der Waals surface area contributed by atoms with Crippen LogP contribution < -0.4 is 5.32 Å². The lowest BCUT2D eigenvalue weighted by Crippen LogP contribution is -2.32. The SMILES string of the molecule is C=C1OC(=O)c2c(O)cc(NCCN3CCCC3)cc2/C=C/C[C@H](O)[C@H](O)C(=O)/C=C\[C@H]1C. The van der Waals surface area contributed by atoms with Crippen LogP contribution in [0.4, 0.5) is 5.69 Å². The fraction of sp³-hybridized carbons (Fsp3) is 0.440. The van der Waals surface area contributed by atoms with Crippen molar-refractivity contribution in [3.63, 3.8) is 0 Å². The molecule has 2 heterocycles. The van der Waals surface area contributed by atoms with E-state index in [0.29, 0.717) is 17.8 Å². The van der Waals surface area contributed by atoms with Gasteiger partial charge in [-0.15, -0.1) is 0 Å². The summed E-state index contributed by atoms with van der Waals surface area (Å²) in [4.78, 5) is 27.3. The van der Waals surface area contributed by atoms with Crippen molar-refractivity contribution in [3.05, 3.63) is 53.8 Å². The van der Waals surface area contributed by atoms with E-state index in [2.05, 4.69) is 16.8 Å². The van der Waals surface area contributed by atoms with Gasteiger partial charge in [-0.05, 0) is 50.1 Å². The van der Waals surface area contributed by atoms with Crippen molar-refractivity contribution in [3.8, 4) is 5.75 Å². The van der Waals surface area contributed by atoms with Gasteiger partial charge in [-0.25, -0.2) is 4.79 Å². The Morgan fingerprint density at radius 1 is 1.18 bits per heavy atom. The number of likely N-dealkylation sites (tertiary alicyclic amines) is 1. The molecule has 178 valence electrons. The Bertz CT molecular complexity index is 948. The lowest BCUT2D eigenvalue weighted by atomic mass is 10.0. The number of carbonyl (C=O) groups is 2. The molecule has 0 spiro atoms. The number of allylic oxidation sites excluding steroid dienone is 1. The number of nitrogens with zero attached hydrogens (tertiary/aromatic N) is 1. The molecule has 0 aromatic heterocycles. The molecule has 0 saturated carbocycles. The van der Waals surface area contributed by atoms with E-state index in [4.69, 9.17) is 4.74 Å². The van der Waals surface area contributed by atoms with Gasteiger partial charge < -0.3 is 30.3 Å². The topological polar surface area (TPSA) is 119 Å². The second-order valence-corrected chi connectivity index (χ2v) is 8.49. The molecule has 8 heteroatoms. The molecule has 3 rings (SSSR count). The van der Waals surface area contributed by atoms with Crippen LogP contribution in [0.5, 0.6) is 5.75 Å². The molecule has 2 aliphatic rings. The van der Waals surface area contributed by atoms with Gasteiger partial charge in [0.15, 0.2) is 5.78 Å². The number of rotatable bonds is 4. The zero-order valence-electron chi connectivity index (χ0n) is 18.9. The summed E-state index contributed by atoms with van der Waals surface area (Å²) in [7, 11) is 0. The Balaban J connectivity index is 1.87. The molecule has 1 aromatic carbocycles. The molecule has 3 atom stereocenters. The van der Waals surface area contributed by atoms with Crippen molar-refractivity contribution >= 4 is 23.5 Å². The second kappa shape index (κ2) is 11.3. The number of cyclic esters (lactones) is 1. The summed E-state index contributed by atoms with van der Waals surface area (Å²) in [6, 6.07) is 3.19. The van der Waals surface area contributed by atoms with Gasteiger partial charge in [0.25, 0.3) is 0 Å². The number of carbonyl (C=O) groups excluding carboxylic acids is 2. The average Bonchev–Trinajstić information content (AvgIpc) is 3.29. The van der Waals surface area contributed by atoms with E-state index in [1.807, 2.05) is 0 Å². The third kappa shape index (κ3) is 6.54. The number of esters is 1. The Kier molecular flexibility index (Phi) is 8.43. The molecule has 0 unspecified atom stereocenters. The molecule has 0 bridgehead atoms. The van der Waals surface area contributed by atoms with Crippen molar-refractivity contribution < 1.29 is 29.6 Å². The normalized spacial score (nSPS) is 26.9. The van der Waals surface area contributed by atoms with Crippen LogP contribution >= 0.6 is 0 Å². The first kappa shape index (κ1) is 24.7. The summed E-state index contributed by atoms with van der Waals surface area (Å²) >= 11 is 0. The molecular formula is C25H32N2O6. The van der Waals surface area contributed by atoms with Gasteiger partial charge in [0.05, 0.1) is 6.10 Å². The van der Waals surface area contributed by atoms with Crippen LogP contribution in [0, 0.1) is 5.92 Å². The maximum atomic E-state index is 12.8. The van der Waals surface area contributed by atoms with Crippen LogP contribution in [0.1, 0.15) is 42.1 Å². The lowest BCUT2D eigenvalue weighted by Gasteiger charge is -2.18. The molecule has 1 saturated heterocycles. The average molecular weight is 457 g/mol. The molecule has 1 fully saturated rings. The standard InChI is InChI=1S/C25H32N2O6/c1-16-8-9-21(29)24(31)20(28)7-5-6-18-14-19(26-10-13-27-11-3-4-12-27)15-22(30)23(18)25(32)33-17(16)2/h5-6,8-9,14-16,20,24,26,28,30-31H,2-4,7,10-13H2,1H3/b6-5+,9-8-/t16-,20+,24+/m1/s1. The van der Waals surface area contributed by atoms with Crippen LogP contribution in [0.3, 0.4) is 0 Å². The van der Waals surface area contributed by atoms with Gasteiger partial charge in [0.2, 0.25) is 0 Å². The van der Waals surface area contributed by atoms with Crippen LogP contribution in [-0.2, 0) is 9.53 Å². The van der Waals surface area contributed by atoms with Gasteiger partial charge in [-0.2, -0.15) is 0 Å². The number of aliphatic hydroxyl groups excluding tert-OH is 2. The number of ether oxygens (including phenoxy) is 1. The Morgan fingerprint density at radius 3 is 2.64 bits per heavy atom. The fourth-order valence-corrected chi connectivity index (χ4v) is 3.83. The second-order valence-electron chi connectivity index (χ2n) is 8.49. The number of fused-ring (bicyclic) bond motifs is 1. The number of anilines is 1. The van der Waals surface area contributed by atoms with E-state index in [9.17, 15) is 24.9 Å². The fourth-order valence-electron chi connectivity index (χ4n) is 3.83. The Labute approximate surface area is 193 Å². The highest BCUT2D eigenvalue weighted by Crippen LogP contribution is 2.30. The predicted octanol–water partition coefficient (Wildman–Crippen LogP) is 2.47. The number of hydrogen-bond acceptors (Lipinski definition) is 8. The summed E-state index contributed by atoms with van der Waals surface area (Å²) in [5.74, 6) is -2.10. The van der Waals surface area contributed by atoms with Gasteiger partial charge in [0, 0.05) is 30.8 Å². The molecule has 8 nitrogen and oxygen atoms in total. The molecule has 0 aliphatic carbocycles. The summed E-state index contributed by atoms with van der Waals surface area (Å²) in [5, 5.41) is 34.2. The number of phenols is 1. The first-order valence-corrected chi connectivity index (χ1v) is 11.2. The number of ketones is 1. The van der Waals surface area contributed by atoms with E-state index in [0.717, 1.165) is 25.7 Å². The quantitative estimate of drug-likeness (QED) is 0.510. The summed E-state index contributed by atoms with van der Waals surface area (Å²) < 4.78 is 5.36. The predicted molar refractivity (Wildman–Crippen MR) is 126 cm³/mol. The van der Waals surface area contributed by atoms with Crippen LogP contribution in [0.2, 0.25) is 0 Å². The van der Waals surface area contributed by atoms with Crippen molar-refractivity contribution in [2.45, 2.75) is 38.4 Å².